The maximum atomic E-state index is 6.41. The molecular weight excluding hydrogens is 456 g/mol. The molecule has 6 nitrogen and oxygen atoms in total. The lowest BCUT2D eigenvalue weighted by molar-refractivity contribution is 0.0347. The molecular formula is C25H27ClN4O2S. The highest BCUT2D eigenvalue weighted by molar-refractivity contribution is 7.80. The van der Waals surface area contributed by atoms with Crippen LogP contribution in [0.15, 0.2) is 59.1 Å². The average molecular weight is 483 g/mol. The molecule has 33 heavy (non-hydrogen) atoms. The molecule has 2 saturated heterocycles. The number of thiocarbonyl (C=S) groups is 1. The van der Waals surface area contributed by atoms with Crippen molar-refractivity contribution in [3.63, 3.8) is 0 Å². The van der Waals surface area contributed by atoms with Gasteiger partial charge in [-0.2, -0.15) is 0 Å². The van der Waals surface area contributed by atoms with Gasteiger partial charge in [-0.1, -0.05) is 29.8 Å². The Kier molecular flexibility index (Phi) is 6.64. The fourth-order valence-electron chi connectivity index (χ4n) is 4.44. The SMILES string of the molecule is Cc1ccc(-c2ccc([C@H]3[C@@H](c4ccccn4)NC(=S)N3CCN3CCOCC3)o2)cc1Cl. The molecule has 2 aromatic heterocycles. The van der Waals surface area contributed by atoms with Crippen LogP contribution in [-0.4, -0.2) is 59.3 Å². The van der Waals surface area contributed by atoms with Gasteiger partial charge in [0, 0.05) is 43.0 Å². The molecule has 0 radical (unpaired) electrons. The Balaban J connectivity index is 1.45. The van der Waals surface area contributed by atoms with Gasteiger partial charge in [0.2, 0.25) is 0 Å². The monoisotopic (exact) mass is 482 g/mol. The molecule has 1 N–H and O–H groups in total. The van der Waals surface area contributed by atoms with Crippen molar-refractivity contribution in [1.29, 1.82) is 0 Å². The van der Waals surface area contributed by atoms with Crippen molar-refractivity contribution in [2.75, 3.05) is 39.4 Å². The molecule has 1 aromatic carbocycles. The Morgan fingerprint density at radius 2 is 1.97 bits per heavy atom. The van der Waals surface area contributed by atoms with Crippen molar-refractivity contribution in [1.82, 2.24) is 20.1 Å². The molecule has 0 saturated carbocycles. The fraction of sp³-hybridized carbons (Fsp3) is 0.360. The summed E-state index contributed by atoms with van der Waals surface area (Å²) in [4.78, 5) is 9.25. The highest BCUT2D eigenvalue weighted by Gasteiger charge is 2.41. The predicted molar refractivity (Wildman–Crippen MR) is 133 cm³/mol. The summed E-state index contributed by atoms with van der Waals surface area (Å²) in [5, 5.41) is 4.94. The molecule has 0 bridgehead atoms. The standard InChI is InChI=1S/C25H27ClN4O2S/c1-17-5-6-18(16-19(17)26)21-7-8-22(32-21)24-23(20-4-2-3-9-27-20)28-25(33)30(24)11-10-29-12-14-31-15-13-29/h2-9,16,23-24H,10-15H2,1H3,(H,28,33)/t23-,24+/m1/s1. The summed E-state index contributed by atoms with van der Waals surface area (Å²) in [7, 11) is 0. The van der Waals surface area contributed by atoms with E-state index in [1.807, 2.05) is 61.7 Å². The van der Waals surface area contributed by atoms with Gasteiger partial charge in [0.15, 0.2) is 5.11 Å². The highest BCUT2D eigenvalue weighted by atomic mass is 35.5. The van der Waals surface area contributed by atoms with Gasteiger partial charge in [0.05, 0.1) is 24.9 Å². The summed E-state index contributed by atoms with van der Waals surface area (Å²) in [5.74, 6) is 1.64. The Labute approximate surface area is 204 Å². The second-order valence-electron chi connectivity index (χ2n) is 8.44. The Bertz CT molecular complexity index is 1120. The molecule has 4 heterocycles. The predicted octanol–water partition coefficient (Wildman–Crippen LogP) is 4.61. The van der Waals surface area contributed by atoms with Gasteiger partial charge >= 0.3 is 0 Å². The summed E-state index contributed by atoms with van der Waals surface area (Å²) in [5.41, 5.74) is 2.94. The Morgan fingerprint density at radius 3 is 2.73 bits per heavy atom. The first kappa shape index (κ1) is 22.3. The fourth-order valence-corrected chi connectivity index (χ4v) is 4.95. The van der Waals surface area contributed by atoms with Crippen molar-refractivity contribution in [2.24, 2.45) is 0 Å². The number of halogens is 1. The summed E-state index contributed by atoms with van der Waals surface area (Å²) in [6.07, 6.45) is 1.81. The lowest BCUT2D eigenvalue weighted by atomic mass is 10.0. The molecule has 0 aliphatic carbocycles. The van der Waals surface area contributed by atoms with Gasteiger partial charge < -0.3 is 19.4 Å². The Hall–Kier alpha value is -2.45. The van der Waals surface area contributed by atoms with Gasteiger partial charge in [-0.05, 0) is 55.0 Å². The largest absolute Gasteiger partial charge is 0.459 e. The average Bonchev–Trinajstić information content (AvgIpc) is 3.45. The van der Waals surface area contributed by atoms with E-state index in [0.717, 1.165) is 77.9 Å². The minimum absolute atomic E-state index is 0.0935. The van der Waals surface area contributed by atoms with Gasteiger partial charge in [-0.15, -0.1) is 0 Å². The summed E-state index contributed by atoms with van der Waals surface area (Å²) in [6, 6.07) is 15.8. The van der Waals surface area contributed by atoms with Crippen molar-refractivity contribution >= 4 is 28.9 Å². The van der Waals surface area contributed by atoms with Gasteiger partial charge in [-0.25, -0.2) is 0 Å². The lowest BCUT2D eigenvalue weighted by Gasteiger charge is -2.31. The van der Waals surface area contributed by atoms with Crippen LogP contribution < -0.4 is 5.32 Å². The molecule has 0 spiro atoms. The second-order valence-corrected chi connectivity index (χ2v) is 9.23. The zero-order valence-corrected chi connectivity index (χ0v) is 20.1. The molecule has 2 aliphatic rings. The minimum atomic E-state index is -0.0943. The third-order valence-electron chi connectivity index (χ3n) is 6.33. The van der Waals surface area contributed by atoms with Crippen LogP contribution in [-0.2, 0) is 4.74 Å². The van der Waals surface area contributed by atoms with Crippen LogP contribution in [0.5, 0.6) is 0 Å². The van der Waals surface area contributed by atoms with Crippen LogP contribution in [0.4, 0.5) is 0 Å². The molecule has 2 fully saturated rings. The maximum absolute atomic E-state index is 6.41. The zero-order valence-electron chi connectivity index (χ0n) is 18.5. The summed E-state index contributed by atoms with van der Waals surface area (Å²) in [6.45, 7) is 7.16. The number of ether oxygens (including phenoxy) is 1. The third-order valence-corrected chi connectivity index (χ3v) is 7.09. The summed E-state index contributed by atoms with van der Waals surface area (Å²) >= 11 is 12.1. The number of aryl methyl sites for hydroxylation is 1. The number of nitrogens with zero attached hydrogens (tertiary/aromatic N) is 3. The van der Waals surface area contributed by atoms with Crippen LogP contribution in [0.3, 0.4) is 0 Å². The summed E-state index contributed by atoms with van der Waals surface area (Å²) < 4.78 is 11.9. The first-order chi connectivity index (χ1) is 16.1. The van der Waals surface area contributed by atoms with Crippen LogP contribution in [0.2, 0.25) is 5.02 Å². The number of nitrogens with one attached hydrogen (secondary N) is 1. The quantitative estimate of drug-likeness (QED) is 0.515. The van der Waals surface area contributed by atoms with Crippen molar-refractivity contribution in [3.8, 4) is 11.3 Å². The van der Waals surface area contributed by atoms with Gasteiger partial charge in [-0.3, -0.25) is 9.88 Å². The van der Waals surface area contributed by atoms with Gasteiger partial charge in [0.25, 0.3) is 0 Å². The van der Waals surface area contributed by atoms with E-state index in [1.54, 1.807) is 0 Å². The number of aromatic nitrogens is 1. The van der Waals surface area contributed by atoms with E-state index in [-0.39, 0.29) is 12.1 Å². The van der Waals surface area contributed by atoms with E-state index in [4.69, 9.17) is 33.0 Å². The van der Waals surface area contributed by atoms with Crippen LogP contribution in [0, 0.1) is 6.92 Å². The van der Waals surface area contributed by atoms with Crippen molar-refractivity contribution in [3.05, 3.63) is 76.8 Å². The molecule has 5 rings (SSSR count). The molecule has 3 aromatic rings. The van der Waals surface area contributed by atoms with E-state index < -0.39 is 0 Å². The molecule has 8 heteroatoms. The van der Waals surface area contributed by atoms with Crippen molar-refractivity contribution < 1.29 is 9.15 Å². The van der Waals surface area contributed by atoms with E-state index >= 15 is 0 Å². The molecule has 2 atom stereocenters. The molecule has 2 aliphatic heterocycles. The maximum Gasteiger partial charge on any atom is 0.170 e. The van der Waals surface area contributed by atoms with Gasteiger partial charge in [0.1, 0.15) is 17.6 Å². The number of benzene rings is 1. The van der Waals surface area contributed by atoms with Crippen molar-refractivity contribution in [2.45, 2.75) is 19.0 Å². The molecule has 0 unspecified atom stereocenters. The number of morpholine rings is 1. The number of hydrogen-bond donors (Lipinski definition) is 1. The first-order valence-corrected chi connectivity index (χ1v) is 12.0. The van der Waals surface area contributed by atoms with E-state index in [0.29, 0.717) is 0 Å². The number of pyridine rings is 1. The molecule has 0 amide bonds. The van der Waals surface area contributed by atoms with Crippen LogP contribution >= 0.6 is 23.8 Å². The second kappa shape index (κ2) is 9.81. The Morgan fingerprint density at radius 1 is 1.12 bits per heavy atom. The number of hydrogen-bond acceptors (Lipinski definition) is 5. The lowest BCUT2D eigenvalue weighted by Crippen LogP contribution is -2.42. The molecule has 172 valence electrons. The minimum Gasteiger partial charge on any atom is -0.459 e. The highest BCUT2D eigenvalue weighted by Crippen LogP contribution is 2.40. The topological polar surface area (TPSA) is 53.8 Å². The van der Waals surface area contributed by atoms with E-state index in [1.165, 1.54) is 0 Å². The smallest absolute Gasteiger partial charge is 0.170 e. The number of rotatable bonds is 6. The zero-order chi connectivity index (χ0) is 22.8. The number of furan rings is 1. The normalized spacial score (nSPS) is 21.4. The van der Waals surface area contributed by atoms with Crippen LogP contribution in [0.1, 0.15) is 29.1 Å². The van der Waals surface area contributed by atoms with Crippen LogP contribution in [0.25, 0.3) is 11.3 Å². The third kappa shape index (κ3) is 4.77. The first-order valence-electron chi connectivity index (χ1n) is 11.2. The van der Waals surface area contributed by atoms with E-state index in [2.05, 4.69) is 20.1 Å². The van der Waals surface area contributed by atoms with E-state index in [9.17, 15) is 0 Å².